The van der Waals surface area contributed by atoms with Crippen LogP contribution in [0.2, 0.25) is 0 Å². The van der Waals surface area contributed by atoms with E-state index in [1.807, 2.05) is 36.4 Å². The Hall–Kier alpha value is -3.87. The molecule has 1 aromatic heterocycles. The molecule has 0 radical (unpaired) electrons. The Balaban J connectivity index is 1.60. The van der Waals surface area contributed by atoms with Crippen LogP contribution >= 0.6 is 0 Å². The first-order chi connectivity index (χ1) is 16.0. The number of hydrogen-bond donors (Lipinski definition) is 1. The van der Waals surface area contributed by atoms with Gasteiger partial charge in [0.05, 0.1) is 14.2 Å². The molecule has 4 rings (SSSR count). The first-order valence-corrected chi connectivity index (χ1v) is 10.9. The van der Waals surface area contributed by atoms with E-state index in [4.69, 9.17) is 9.47 Å². The van der Waals surface area contributed by atoms with E-state index in [1.54, 1.807) is 26.4 Å². The minimum absolute atomic E-state index is 0.0276. The summed E-state index contributed by atoms with van der Waals surface area (Å²) in [7, 11) is 3.14. The van der Waals surface area contributed by atoms with Gasteiger partial charge in [-0.25, -0.2) is 0 Å². The number of fused-ring (bicyclic) bond motifs is 1. The number of carbonyl (C=O) groups excluding carboxylic acids is 2. The fourth-order valence-corrected chi connectivity index (χ4v) is 4.16. The third-order valence-electron chi connectivity index (χ3n) is 5.83. The third kappa shape index (κ3) is 4.53. The fraction of sp³-hybridized carbons (Fsp3) is 0.269. The molecular weight excluding hydrogens is 420 g/mol. The van der Waals surface area contributed by atoms with E-state index < -0.39 is 11.5 Å². The van der Waals surface area contributed by atoms with E-state index in [0.29, 0.717) is 60.7 Å². The molecule has 7 heteroatoms. The smallest absolute Gasteiger partial charge is 0.268 e. The van der Waals surface area contributed by atoms with Gasteiger partial charge in [0.2, 0.25) is 0 Å². The lowest BCUT2D eigenvalue weighted by molar-refractivity contribution is 0.0952. The Bertz CT molecular complexity index is 1250. The van der Waals surface area contributed by atoms with E-state index in [9.17, 15) is 14.4 Å². The molecule has 0 spiro atoms. The average molecular weight is 447 g/mol. The number of aromatic nitrogens is 1. The number of Topliss-reactive ketones (excluding diaryl/α,β-unsaturated/α-hetero) is 1. The van der Waals surface area contributed by atoms with Gasteiger partial charge in [0.1, 0.15) is 5.56 Å². The number of nitrogens with one attached hydrogen (secondary N) is 1. The van der Waals surface area contributed by atoms with Crippen LogP contribution in [0, 0.1) is 0 Å². The standard InChI is InChI=1S/C26H26N2O5/c1-32-23-12-11-17(15-24(23)33-2)13-14-27-25(30)20-16-19-21(9-6-10-22(19)29)28(26(20)31)18-7-4-3-5-8-18/h3-5,7-8,11-12,15-16H,6,9-10,13-14H2,1-2H3,(H,27,30). The summed E-state index contributed by atoms with van der Waals surface area (Å²) in [6, 6.07) is 16.1. The molecule has 0 saturated heterocycles. The summed E-state index contributed by atoms with van der Waals surface area (Å²) in [5.74, 6) is 0.706. The number of amides is 1. The van der Waals surface area contributed by atoms with Crippen LogP contribution < -0.4 is 20.3 Å². The van der Waals surface area contributed by atoms with Crippen molar-refractivity contribution in [2.75, 3.05) is 20.8 Å². The number of methoxy groups -OCH3 is 2. The Kier molecular flexibility index (Phi) is 6.58. The Labute approximate surface area is 192 Å². The Morgan fingerprint density at radius 1 is 0.970 bits per heavy atom. The van der Waals surface area contributed by atoms with Gasteiger partial charge < -0.3 is 14.8 Å². The van der Waals surface area contributed by atoms with Crippen LogP contribution in [-0.4, -0.2) is 37.0 Å². The molecule has 2 aromatic carbocycles. The molecule has 0 saturated carbocycles. The molecule has 0 unspecified atom stereocenters. The first-order valence-electron chi connectivity index (χ1n) is 10.9. The van der Waals surface area contributed by atoms with Crippen molar-refractivity contribution < 1.29 is 19.1 Å². The fourth-order valence-electron chi connectivity index (χ4n) is 4.16. The number of ether oxygens (including phenoxy) is 2. The summed E-state index contributed by atoms with van der Waals surface area (Å²) in [4.78, 5) is 38.9. The van der Waals surface area contributed by atoms with Gasteiger partial charge in [-0.3, -0.25) is 19.0 Å². The molecule has 33 heavy (non-hydrogen) atoms. The normalized spacial score (nSPS) is 12.7. The molecule has 7 nitrogen and oxygen atoms in total. The van der Waals surface area contributed by atoms with E-state index in [-0.39, 0.29) is 11.3 Å². The molecule has 1 aliphatic carbocycles. The molecule has 0 bridgehead atoms. The van der Waals surface area contributed by atoms with Crippen molar-refractivity contribution in [1.82, 2.24) is 9.88 Å². The van der Waals surface area contributed by atoms with Gasteiger partial charge in [0, 0.05) is 29.9 Å². The zero-order valence-electron chi connectivity index (χ0n) is 18.7. The molecule has 0 atom stereocenters. The number of pyridine rings is 1. The number of para-hydroxylation sites is 1. The van der Waals surface area contributed by atoms with Gasteiger partial charge in [-0.15, -0.1) is 0 Å². The van der Waals surface area contributed by atoms with Gasteiger partial charge in [-0.1, -0.05) is 24.3 Å². The minimum atomic E-state index is -0.494. The molecule has 1 heterocycles. The van der Waals surface area contributed by atoms with E-state index in [0.717, 1.165) is 5.56 Å². The second-order valence-electron chi connectivity index (χ2n) is 7.87. The second kappa shape index (κ2) is 9.73. The summed E-state index contributed by atoms with van der Waals surface area (Å²) in [5, 5.41) is 2.82. The van der Waals surface area contributed by atoms with E-state index in [2.05, 4.69) is 5.32 Å². The van der Waals surface area contributed by atoms with Crippen LogP contribution in [0.3, 0.4) is 0 Å². The molecular formula is C26H26N2O5. The maximum Gasteiger partial charge on any atom is 0.268 e. The van der Waals surface area contributed by atoms with Crippen LogP contribution in [0.15, 0.2) is 59.4 Å². The minimum Gasteiger partial charge on any atom is -0.493 e. The maximum absolute atomic E-state index is 13.3. The average Bonchev–Trinajstić information content (AvgIpc) is 2.84. The van der Waals surface area contributed by atoms with Crippen LogP contribution in [-0.2, 0) is 12.8 Å². The first kappa shape index (κ1) is 22.3. The van der Waals surface area contributed by atoms with Crippen molar-refractivity contribution in [2.45, 2.75) is 25.7 Å². The van der Waals surface area contributed by atoms with Gasteiger partial charge in [-0.2, -0.15) is 0 Å². The van der Waals surface area contributed by atoms with Crippen LogP contribution in [0.4, 0.5) is 0 Å². The van der Waals surface area contributed by atoms with Crippen LogP contribution in [0.25, 0.3) is 5.69 Å². The zero-order chi connectivity index (χ0) is 23.4. The van der Waals surface area contributed by atoms with Crippen LogP contribution in [0.1, 0.15) is 44.8 Å². The van der Waals surface area contributed by atoms with Crippen molar-refractivity contribution in [3.8, 4) is 17.2 Å². The number of rotatable bonds is 7. The molecule has 170 valence electrons. The lowest BCUT2D eigenvalue weighted by atomic mass is 9.92. The predicted molar refractivity (Wildman–Crippen MR) is 125 cm³/mol. The summed E-state index contributed by atoms with van der Waals surface area (Å²) in [6.45, 7) is 0.324. The van der Waals surface area contributed by atoms with Crippen molar-refractivity contribution in [3.63, 3.8) is 0 Å². The molecule has 1 aliphatic rings. The van der Waals surface area contributed by atoms with Crippen molar-refractivity contribution >= 4 is 11.7 Å². The van der Waals surface area contributed by atoms with Crippen molar-refractivity contribution in [1.29, 1.82) is 0 Å². The summed E-state index contributed by atoms with van der Waals surface area (Å²) >= 11 is 0. The highest BCUT2D eigenvalue weighted by molar-refractivity contribution is 6.02. The third-order valence-corrected chi connectivity index (χ3v) is 5.83. The topological polar surface area (TPSA) is 86.6 Å². The largest absolute Gasteiger partial charge is 0.493 e. The SMILES string of the molecule is COc1ccc(CCNC(=O)c2cc3c(n(-c4ccccc4)c2=O)CCCC3=O)cc1OC. The number of carbonyl (C=O) groups is 2. The van der Waals surface area contributed by atoms with Crippen LogP contribution in [0.5, 0.6) is 11.5 Å². The highest BCUT2D eigenvalue weighted by atomic mass is 16.5. The number of nitrogens with zero attached hydrogens (tertiary/aromatic N) is 1. The van der Waals surface area contributed by atoms with Gasteiger partial charge in [0.25, 0.3) is 11.5 Å². The molecule has 0 aliphatic heterocycles. The Morgan fingerprint density at radius 3 is 2.45 bits per heavy atom. The molecule has 1 N–H and O–H groups in total. The highest BCUT2D eigenvalue weighted by Crippen LogP contribution is 2.27. The van der Waals surface area contributed by atoms with Gasteiger partial charge in [-0.05, 0) is 55.2 Å². The summed E-state index contributed by atoms with van der Waals surface area (Å²) < 4.78 is 12.1. The van der Waals surface area contributed by atoms with Gasteiger partial charge >= 0.3 is 0 Å². The number of ketones is 1. The number of hydrogen-bond acceptors (Lipinski definition) is 5. The van der Waals surface area contributed by atoms with Gasteiger partial charge in [0.15, 0.2) is 17.3 Å². The lowest BCUT2D eigenvalue weighted by Gasteiger charge is -2.21. The summed E-state index contributed by atoms with van der Waals surface area (Å²) in [5.41, 5.74) is 2.28. The van der Waals surface area contributed by atoms with Crippen molar-refractivity contribution in [2.24, 2.45) is 0 Å². The monoisotopic (exact) mass is 446 g/mol. The Morgan fingerprint density at radius 2 is 1.73 bits per heavy atom. The number of benzene rings is 2. The zero-order valence-corrected chi connectivity index (χ0v) is 18.7. The quantitative estimate of drug-likeness (QED) is 0.602. The molecule has 0 fully saturated rings. The van der Waals surface area contributed by atoms with E-state index in [1.165, 1.54) is 10.6 Å². The van der Waals surface area contributed by atoms with E-state index >= 15 is 0 Å². The lowest BCUT2D eigenvalue weighted by Crippen LogP contribution is -2.36. The van der Waals surface area contributed by atoms with Crippen molar-refractivity contribution in [3.05, 3.63) is 87.3 Å². The summed E-state index contributed by atoms with van der Waals surface area (Å²) in [6.07, 6.45) is 2.27. The highest BCUT2D eigenvalue weighted by Gasteiger charge is 2.26. The maximum atomic E-state index is 13.3. The molecule has 1 amide bonds. The molecule has 3 aromatic rings. The predicted octanol–water partition coefficient (Wildman–Crippen LogP) is 3.35. The second-order valence-corrected chi connectivity index (χ2v) is 7.87.